The van der Waals surface area contributed by atoms with E-state index >= 15 is 0 Å². The Labute approximate surface area is 143 Å². The molecule has 7 nitrogen and oxygen atoms in total. The van der Waals surface area contributed by atoms with E-state index in [9.17, 15) is 14.7 Å². The lowest BCUT2D eigenvalue weighted by molar-refractivity contribution is 0.0518. The lowest BCUT2D eigenvalue weighted by atomic mass is 9.90. The molecule has 24 heavy (non-hydrogen) atoms. The number of carbonyl (C=O) groups is 1. The van der Waals surface area contributed by atoms with Crippen molar-refractivity contribution in [2.75, 3.05) is 6.61 Å². The van der Waals surface area contributed by atoms with Crippen LogP contribution in [0.5, 0.6) is 5.75 Å². The number of nitrogens with zero attached hydrogens (tertiary/aromatic N) is 3. The predicted octanol–water partition coefficient (Wildman–Crippen LogP) is 2.69. The van der Waals surface area contributed by atoms with Gasteiger partial charge in [0.25, 0.3) is 5.56 Å². The van der Waals surface area contributed by atoms with Gasteiger partial charge in [0.1, 0.15) is 5.69 Å². The second kappa shape index (κ2) is 7.12. The third-order valence-corrected chi connectivity index (χ3v) is 4.59. The summed E-state index contributed by atoms with van der Waals surface area (Å²) in [6.45, 7) is 8.09. The summed E-state index contributed by atoms with van der Waals surface area (Å²) in [5.74, 6) is -1.32. The Morgan fingerprint density at radius 3 is 2.67 bits per heavy atom. The molecule has 0 saturated carbocycles. The van der Waals surface area contributed by atoms with Crippen LogP contribution in [0.25, 0.3) is 10.6 Å². The van der Waals surface area contributed by atoms with Crippen molar-refractivity contribution in [3.63, 3.8) is 0 Å². The molecular formula is C16H21N3O4S. The second-order valence-electron chi connectivity index (χ2n) is 6.14. The standard InChI is InChI=1S/C16H21N3O4S/c1-5-16(3,4)8-19-14(21)11(15(22)23-6-2)13(20)12(18-19)10-7-17-9-24-10/h7,9,20H,5-6,8H2,1-4H3. The highest BCUT2D eigenvalue weighted by Crippen LogP contribution is 2.31. The monoisotopic (exact) mass is 351 g/mol. The number of thiazole rings is 1. The molecule has 0 amide bonds. The number of esters is 1. The zero-order valence-corrected chi connectivity index (χ0v) is 15.0. The fourth-order valence-electron chi connectivity index (χ4n) is 2.07. The van der Waals surface area contributed by atoms with Crippen LogP contribution in [0, 0.1) is 5.41 Å². The summed E-state index contributed by atoms with van der Waals surface area (Å²) in [6.07, 6.45) is 2.36. The Morgan fingerprint density at radius 1 is 1.42 bits per heavy atom. The molecule has 0 fully saturated rings. The lowest BCUT2D eigenvalue weighted by Crippen LogP contribution is -2.34. The van der Waals surface area contributed by atoms with Crippen LogP contribution < -0.4 is 5.56 Å². The molecule has 2 aromatic rings. The maximum atomic E-state index is 12.6. The van der Waals surface area contributed by atoms with Gasteiger partial charge in [-0.1, -0.05) is 20.8 Å². The van der Waals surface area contributed by atoms with Gasteiger partial charge in [-0.15, -0.1) is 11.3 Å². The SMILES string of the molecule is CCOC(=O)c1c(O)c(-c2cncs2)nn(CC(C)(C)CC)c1=O. The van der Waals surface area contributed by atoms with E-state index in [1.807, 2.05) is 20.8 Å². The minimum Gasteiger partial charge on any atom is -0.505 e. The van der Waals surface area contributed by atoms with E-state index < -0.39 is 17.3 Å². The minimum atomic E-state index is -0.851. The highest BCUT2D eigenvalue weighted by molar-refractivity contribution is 7.13. The van der Waals surface area contributed by atoms with Crippen molar-refractivity contribution in [1.82, 2.24) is 14.8 Å². The van der Waals surface area contributed by atoms with Crippen LogP contribution in [0.4, 0.5) is 0 Å². The zero-order chi connectivity index (χ0) is 17.9. The predicted molar refractivity (Wildman–Crippen MR) is 91.3 cm³/mol. The zero-order valence-electron chi connectivity index (χ0n) is 14.2. The fourth-order valence-corrected chi connectivity index (χ4v) is 2.68. The molecule has 0 aromatic carbocycles. The molecule has 2 rings (SSSR count). The van der Waals surface area contributed by atoms with Crippen LogP contribution in [0.2, 0.25) is 0 Å². The van der Waals surface area contributed by atoms with E-state index in [-0.39, 0.29) is 23.3 Å². The number of ether oxygens (including phenoxy) is 1. The maximum Gasteiger partial charge on any atom is 0.347 e. The second-order valence-corrected chi connectivity index (χ2v) is 7.03. The van der Waals surface area contributed by atoms with Crippen molar-refractivity contribution in [3.05, 3.63) is 27.6 Å². The van der Waals surface area contributed by atoms with E-state index in [4.69, 9.17) is 4.74 Å². The average Bonchev–Trinajstić information content (AvgIpc) is 3.04. The van der Waals surface area contributed by atoms with Gasteiger partial charge in [-0.05, 0) is 18.8 Å². The Morgan fingerprint density at radius 2 is 2.12 bits per heavy atom. The van der Waals surface area contributed by atoms with Crippen molar-refractivity contribution in [3.8, 4) is 16.3 Å². The smallest absolute Gasteiger partial charge is 0.347 e. The molecule has 0 bridgehead atoms. The molecule has 0 aliphatic carbocycles. The van der Waals surface area contributed by atoms with Crippen LogP contribution in [0.1, 0.15) is 44.5 Å². The number of aromatic nitrogens is 3. The van der Waals surface area contributed by atoms with E-state index in [2.05, 4.69) is 10.1 Å². The molecule has 0 atom stereocenters. The van der Waals surface area contributed by atoms with Gasteiger partial charge in [-0.2, -0.15) is 5.10 Å². The molecular weight excluding hydrogens is 330 g/mol. The van der Waals surface area contributed by atoms with Crippen molar-refractivity contribution < 1.29 is 14.6 Å². The lowest BCUT2D eigenvalue weighted by Gasteiger charge is -2.23. The number of hydrogen-bond donors (Lipinski definition) is 1. The van der Waals surface area contributed by atoms with E-state index in [1.165, 1.54) is 22.2 Å². The van der Waals surface area contributed by atoms with Crippen LogP contribution >= 0.6 is 11.3 Å². The first kappa shape index (κ1) is 18.1. The Kier molecular flexibility index (Phi) is 5.38. The van der Waals surface area contributed by atoms with Gasteiger partial charge < -0.3 is 9.84 Å². The van der Waals surface area contributed by atoms with Gasteiger partial charge >= 0.3 is 5.97 Å². The summed E-state index contributed by atoms with van der Waals surface area (Å²) in [7, 11) is 0. The Balaban J connectivity index is 2.67. The molecule has 130 valence electrons. The molecule has 1 N–H and O–H groups in total. The Bertz CT molecular complexity index is 781. The van der Waals surface area contributed by atoms with E-state index in [1.54, 1.807) is 12.4 Å². The molecule has 0 aliphatic heterocycles. The highest BCUT2D eigenvalue weighted by Gasteiger charge is 2.27. The summed E-state index contributed by atoms with van der Waals surface area (Å²) in [4.78, 5) is 29.3. The first-order valence-electron chi connectivity index (χ1n) is 7.70. The van der Waals surface area contributed by atoms with Crippen molar-refractivity contribution in [2.24, 2.45) is 5.41 Å². The minimum absolute atomic E-state index is 0.108. The molecule has 0 saturated heterocycles. The third kappa shape index (κ3) is 3.64. The molecule has 0 radical (unpaired) electrons. The number of aromatic hydroxyl groups is 1. The van der Waals surface area contributed by atoms with Crippen LogP contribution in [-0.2, 0) is 11.3 Å². The van der Waals surface area contributed by atoms with Gasteiger partial charge in [0, 0.05) is 6.20 Å². The van der Waals surface area contributed by atoms with Crippen molar-refractivity contribution in [2.45, 2.75) is 40.7 Å². The summed E-state index contributed by atoms with van der Waals surface area (Å²) < 4.78 is 6.15. The Hall–Kier alpha value is -2.22. The highest BCUT2D eigenvalue weighted by atomic mass is 32.1. The van der Waals surface area contributed by atoms with Crippen molar-refractivity contribution in [1.29, 1.82) is 0 Å². The van der Waals surface area contributed by atoms with E-state index in [0.29, 0.717) is 11.4 Å². The summed E-state index contributed by atoms with van der Waals surface area (Å²) in [5.41, 5.74) is 0.520. The van der Waals surface area contributed by atoms with Gasteiger partial charge in [0.2, 0.25) is 0 Å². The van der Waals surface area contributed by atoms with Gasteiger partial charge in [0.15, 0.2) is 11.3 Å². The third-order valence-electron chi connectivity index (χ3n) is 3.81. The number of carbonyl (C=O) groups excluding carboxylic acids is 1. The number of rotatable bonds is 6. The fraction of sp³-hybridized carbons (Fsp3) is 0.500. The first-order valence-corrected chi connectivity index (χ1v) is 8.58. The molecule has 2 aromatic heterocycles. The van der Waals surface area contributed by atoms with Gasteiger partial charge in [0.05, 0.1) is 23.5 Å². The number of hydrogen-bond acceptors (Lipinski definition) is 7. The van der Waals surface area contributed by atoms with Crippen LogP contribution in [0.15, 0.2) is 16.5 Å². The quantitative estimate of drug-likeness (QED) is 0.804. The molecule has 0 unspecified atom stereocenters. The summed E-state index contributed by atoms with van der Waals surface area (Å²) in [5, 5.41) is 14.7. The molecule has 0 aliphatic rings. The normalized spacial score (nSPS) is 11.5. The average molecular weight is 351 g/mol. The van der Waals surface area contributed by atoms with Crippen LogP contribution in [0.3, 0.4) is 0 Å². The first-order chi connectivity index (χ1) is 11.3. The molecule has 8 heteroatoms. The molecule has 0 spiro atoms. The maximum absolute atomic E-state index is 12.6. The summed E-state index contributed by atoms with van der Waals surface area (Å²) >= 11 is 1.26. The summed E-state index contributed by atoms with van der Waals surface area (Å²) in [6, 6.07) is 0. The van der Waals surface area contributed by atoms with Crippen molar-refractivity contribution >= 4 is 17.3 Å². The van der Waals surface area contributed by atoms with Crippen LogP contribution in [-0.4, -0.2) is 32.4 Å². The topological polar surface area (TPSA) is 94.3 Å². The van der Waals surface area contributed by atoms with Gasteiger partial charge in [-0.25, -0.2) is 9.48 Å². The largest absolute Gasteiger partial charge is 0.505 e. The van der Waals surface area contributed by atoms with Gasteiger partial charge in [-0.3, -0.25) is 9.78 Å². The molecule has 2 heterocycles. The van der Waals surface area contributed by atoms with E-state index in [0.717, 1.165) is 6.42 Å².